The van der Waals surface area contributed by atoms with Crippen LogP contribution in [0.25, 0.3) is 0 Å². The maximum Gasteiger partial charge on any atom is 0.191 e. The SMILES string of the molecule is CN=C(NCc1ccc2c(c1)CCCN2C)NCc1cc(C(C)C)no1.I. The van der Waals surface area contributed by atoms with Gasteiger partial charge >= 0.3 is 0 Å². The van der Waals surface area contributed by atoms with Crippen molar-refractivity contribution >= 4 is 35.6 Å². The number of rotatable bonds is 5. The summed E-state index contributed by atoms with van der Waals surface area (Å²) >= 11 is 0. The Labute approximate surface area is 178 Å². The Hall–Kier alpha value is -1.77. The minimum absolute atomic E-state index is 0. The highest BCUT2D eigenvalue weighted by atomic mass is 127. The average Bonchev–Trinajstić information content (AvgIpc) is 3.11. The molecule has 0 spiro atoms. The number of benzene rings is 1. The van der Waals surface area contributed by atoms with Gasteiger partial charge in [-0.1, -0.05) is 31.1 Å². The van der Waals surface area contributed by atoms with Gasteiger partial charge < -0.3 is 20.1 Å². The molecule has 3 rings (SSSR count). The van der Waals surface area contributed by atoms with E-state index in [-0.39, 0.29) is 24.0 Å². The fraction of sp³-hybridized carbons (Fsp3) is 0.500. The summed E-state index contributed by atoms with van der Waals surface area (Å²) in [5.41, 5.74) is 5.03. The van der Waals surface area contributed by atoms with Crippen molar-refractivity contribution in [2.24, 2.45) is 4.99 Å². The van der Waals surface area contributed by atoms with Crippen LogP contribution in [0.2, 0.25) is 0 Å². The zero-order valence-corrected chi connectivity index (χ0v) is 18.9. The van der Waals surface area contributed by atoms with Crippen LogP contribution < -0.4 is 15.5 Å². The van der Waals surface area contributed by atoms with E-state index in [0.29, 0.717) is 12.5 Å². The molecular formula is C20H30IN5O. The fourth-order valence-electron chi connectivity index (χ4n) is 3.21. The van der Waals surface area contributed by atoms with Crippen molar-refractivity contribution in [1.82, 2.24) is 15.8 Å². The van der Waals surface area contributed by atoms with E-state index in [1.165, 1.54) is 23.2 Å². The number of aromatic nitrogens is 1. The van der Waals surface area contributed by atoms with E-state index < -0.39 is 0 Å². The molecule has 2 N–H and O–H groups in total. The van der Waals surface area contributed by atoms with Crippen molar-refractivity contribution in [2.45, 2.75) is 45.7 Å². The monoisotopic (exact) mass is 483 g/mol. The predicted octanol–water partition coefficient (Wildman–Crippen LogP) is 3.66. The van der Waals surface area contributed by atoms with Crippen LogP contribution in [0.1, 0.15) is 48.8 Å². The molecule has 148 valence electrons. The summed E-state index contributed by atoms with van der Waals surface area (Å²) < 4.78 is 5.36. The molecule has 0 bridgehead atoms. The molecule has 27 heavy (non-hydrogen) atoms. The van der Waals surface area contributed by atoms with Gasteiger partial charge in [0.25, 0.3) is 0 Å². The maximum absolute atomic E-state index is 5.36. The first-order chi connectivity index (χ1) is 12.6. The molecule has 0 fully saturated rings. The van der Waals surface area contributed by atoms with Gasteiger partial charge in [0.2, 0.25) is 0 Å². The number of guanidine groups is 1. The van der Waals surface area contributed by atoms with E-state index in [4.69, 9.17) is 4.52 Å². The Morgan fingerprint density at radius 3 is 2.74 bits per heavy atom. The molecule has 0 amide bonds. The van der Waals surface area contributed by atoms with Crippen LogP contribution in [0.5, 0.6) is 0 Å². The first-order valence-electron chi connectivity index (χ1n) is 9.29. The normalized spacial score (nSPS) is 14.0. The molecule has 0 saturated carbocycles. The number of nitrogens with zero attached hydrogens (tertiary/aromatic N) is 3. The lowest BCUT2D eigenvalue weighted by molar-refractivity contribution is 0.372. The molecular weight excluding hydrogens is 453 g/mol. The summed E-state index contributed by atoms with van der Waals surface area (Å²) in [6.45, 7) is 6.65. The summed E-state index contributed by atoms with van der Waals surface area (Å²) in [6.07, 6.45) is 2.38. The van der Waals surface area contributed by atoms with Gasteiger partial charge in [-0.2, -0.15) is 0 Å². The zero-order chi connectivity index (χ0) is 18.5. The third-order valence-electron chi connectivity index (χ3n) is 4.78. The average molecular weight is 483 g/mol. The molecule has 0 saturated heterocycles. The molecule has 1 aliphatic rings. The second kappa shape index (κ2) is 9.96. The van der Waals surface area contributed by atoms with Gasteiger partial charge in [0.15, 0.2) is 11.7 Å². The first kappa shape index (κ1) is 21.5. The lowest BCUT2D eigenvalue weighted by Crippen LogP contribution is -2.36. The number of nitrogens with one attached hydrogen (secondary N) is 2. The largest absolute Gasteiger partial charge is 0.374 e. The lowest BCUT2D eigenvalue weighted by Gasteiger charge is -2.28. The van der Waals surface area contributed by atoms with Crippen LogP contribution >= 0.6 is 24.0 Å². The number of aryl methyl sites for hydroxylation is 1. The zero-order valence-electron chi connectivity index (χ0n) is 16.6. The van der Waals surface area contributed by atoms with E-state index in [0.717, 1.165) is 36.9 Å². The van der Waals surface area contributed by atoms with Gasteiger partial charge in [0, 0.05) is 38.9 Å². The summed E-state index contributed by atoms with van der Waals surface area (Å²) in [5, 5.41) is 10.7. The Balaban J connectivity index is 0.00000261. The van der Waals surface area contributed by atoms with Gasteiger partial charge in [-0.25, -0.2) is 0 Å². The molecule has 7 heteroatoms. The Kier molecular flexibility index (Phi) is 7.94. The summed E-state index contributed by atoms with van der Waals surface area (Å²) in [6, 6.07) is 8.71. The number of hydrogen-bond acceptors (Lipinski definition) is 4. The highest BCUT2D eigenvalue weighted by Crippen LogP contribution is 2.26. The van der Waals surface area contributed by atoms with E-state index >= 15 is 0 Å². The number of halogens is 1. The van der Waals surface area contributed by atoms with E-state index in [9.17, 15) is 0 Å². The first-order valence-corrected chi connectivity index (χ1v) is 9.29. The predicted molar refractivity (Wildman–Crippen MR) is 121 cm³/mol. The van der Waals surface area contributed by atoms with Crippen molar-refractivity contribution in [3.05, 3.63) is 46.8 Å². The van der Waals surface area contributed by atoms with Gasteiger partial charge in [-0.3, -0.25) is 4.99 Å². The molecule has 2 heterocycles. The second-order valence-electron chi connectivity index (χ2n) is 7.14. The summed E-state index contributed by atoms with van der Waals surface area (Å²) in [5.74, 6) is 1.93. The molecule has 0 atom stereocenters. The summed E-state index contributed by atoms with van der Waals surface area (Å²) in [7, 11) is 3.94. The maximum atomic E-state index is 5.36. The van der Waals surface area contributed by atoms with Crippen LogP contribution in [0.15, 0.2) is 33.8 Å². The topological polar surface area (TPSA) is 65.7 Å². The Bertz CT molecular complexity index is 771. The van der Waals surface area contributed by atoms with Crippen LogP contribution in [0.4, 0.5) is 5.69 Å². The molecule has 0 aliphatic carbocycles. The molecule has 1 aromatic heterocycles. The number of hydrogen-bond donors (Lipinski definition) is 2. The highest BCUT2D eigenvalue weighted by Gasteiger charge is 2.14. The molecule has 0 unspecified atom stereocenters. The molecule has 1 aliphatic heterocycles. The van der Waals surface area contributed by atoms with Gasteiger partial charge in [-0.05, 0) is 36.0 Å². The van der Waals surface area contributed by atoms with Crippen LogP contribution in [0, 0.1) is 0 Å². The van der Waals surface area contributed by atoms with E-state index in [1.54, 1.807) is 7.05 Å². The number of anilines is 1. The third-order valence-corrected chi connectivity index (χ3v) is 4.78. The fourth-order valence-corrected chi connectivity index (χ4v) is 3.21. The van der Waals surface area contributed by atoms with Crippen LogP contribution in [0.3, 0.4) is 0 Å². The molecule has 2 aromatic rings. The van der Waals surface area contributed by atoms with Crippen molar-refractivity contribution in [3.8, 4) is 0 Å². The molecule has 1 aromatic carbocycles. The lowest BCUT2D eigenvalue weighted by atomic mass is 9.99. The quantitative estimate of drug-likeness (QED) is 0.386. The number of aliphatic imine (C=N–C) groups is 1. The highest BCUT2D eigenvalue weighted by molar-refractivity contribution is 14.0. The van der Waals surface area contributed by atoms with Crippen molar-refractivity contribution in [1.29, 1.82) is 0 Å². The Morgan fingerprint density at radius 2 is 2.04 bits per heavy atom. The van der Waals surface area contributed by atoms with Crippen molar-refractivity contribution in [2.75, 3.05) is 25.5 Å². The van der Waals surface area contributed by atoms with Gasteiger partial charge in [0.1, 0.15) is 0 Å². The minimum atomic E-state index is 0. The second-order valence-corrected chi connectivity index (χ2v) is 7.14. The van der Waals surface area contributed by atoms with Gasteiger partial charge in [-0.15, -0.1) is 24.0 Å². The molecule has 6 nitrogen and oxygen atoms in total. The summed E-state index contributed by atoms with van der Waals surface area (Å²) in [4.78, 5) is 6.62. The van der Waals surface area contributed by atoms with Gasteiger partial charge in [0.05, 0.1) is 12.2 Å². The standard InChI is InChI=1S/C20H29N5O.HI/c1-14(2)18-11-17(26-24-18)13-23-20(21-3)22-12-15-7-8-19-16(10-15)6-5-9-25(19)4;/h7-8,10-11,14H,5-6,9,12-13H2,1-4H3,(H2,21,22,23);1H. The third kappa shape index (κ3) is 5.60. The van der Waals surface area contributed by atoms with Crippen LogP contribution in [-0.4, -0.2) is 31.8 Å². The van der Waals surface area contributed by atoms with E-state index in [1.807, 2.05) is 6.07 Å². The van der Waals surface area contributed by atoms with Crippen molar-refractivity contribution < 1.29 is 4.52 Å². The smallest absolute Gasteiger partial charge is 0.191 e. The Morgan fingerprint density at radius 1 is 1.26 bits per heavy atom. The molecule has 0 radical (unpaired) electrons. The minimum Gasteiger partial charge on any atom is -0.374 e. The van der Waals surface area contributed by atoms with E-state index in [2.05, 4.69) is 64.8 Å². The van der Waals surface area contributed by atoms with Crippen LogP contribution in [-0.2, 0) is 19.5 Å². The number of fused-ring (bicyclic) bond motifs is 1. The van der Waals surface area contributed by atoms with Crippen molar-refractivity contribution in [3.63, 3.8) is 0 Å².